The molecule has 0 spiro atoms. The van der Waals surface area contributed by atoms with E-state index in [1.807, 2.05) is 0 Å². The van der Waals surface area contributed by atoms with Crippen LogP contribution in [0.4, 0.5) is 57.1 Å². The number of aliphatic hydroxyl groups is 1. The highest BCUT2D eigenvalue weighted by molar-refractivity contribution is 7.85. The summed E-state index contributed by atoms with van der Waals surface area (Å²) in [5.41, 5.74) is 0. The summed E-state index contributed by atoms with van der Waals surface area (Å²) >= 11 is 0. The molecule has 0 saturated heterocycles. The van der Waals surface area contributed by atoms with E-state index in [1.165, 1.54) is 12.1 Å². The number of hydrogen-bond acceptors (Lipinski definition) is 3. The van der Waals surface area contributed by atoms with Crippen LogP contribution in [-0.2, 0) is 10.1 Å². The Labute approximate surface area is 170 Å². The number of benzene rings is 1. The molecule has 2 N–H and O–H groups in total. The molecule has 32 heavy (non-hydrogen) atoms. The van der Waals surface area contributed by atoms with Crippen LogP contribution in [0.5, 0.6) is 0 Å². The molecule has 0 unspecified atom stereocenters. The Balaban J connectivity index is 0.000000792. The number of rotatable bonds is 7. The largest absolute Gasteiger partial charge is 0.460 e. The molecular weight excluding hydrogens is 511 g/mol. The van der Waals surface area contributed by atoms with Gasteiger partial charge in [-0.1, -0.05) is 18.2 Å². The fraction of sp³-hybridized carbons (Fsp3) is 0.571. The topological polar surface area (TPSA) is 74.6 Å². The van der Waals surface area contributed by atoms with Crippen LogP contribution in [0.25, 0.3) is 0 Å². The van der Waals surface area contributed by atoms with E-state index in [1.54, 1.807) is 18.2 Å². The van der Waals surface area contributed by atoms with E-state index >= 15 is 0 Å². The molecule has 0 atom stereocenters. The lowest BCUT2D eigenvalue weighted by Crippen LogP contribution is -2.70. The van der Waals surface area contributed by atoms with Crippen LogP contribution in [0.1, 0.15) is 6.42 Å². The molecule has 0 aliphatic heterocycles. The maximum atomic E-state index is 12.8. The van der Waals surface area contributed by atoms with Crippen molar-refractivity contribution in [2.75, 3.05) is 6.61 Å². The predicted octanol–water partition coefficient (Wildman–Crippen LogP) is 5.04. The molecule has 0 saturated carbocycles. The molecule has 188 valence electrons. The summed E-state index contributed by atoms with van der Waals surface area (Å²) in [6, 6.07) is 7.42. The molecule has 0 amide bonds. The standard InChI is InChI=1S/C8H5F13O.C6H6O3S/c9-3(10,1-2-22)4(11,12)5(13,14)6(15,16)7(17,18)8(19,20)21;7-10(8,9)6-4-2-1-3-5-6/h22H,1-2H2;1-5H,(H,7,8,9). The van der Waals surface area contributed by atoms with Crippen molar-refractivity contribution in [2.24, 2.45) is 0 Å². The normalized spacial score (nSPS) is 14.6. The molecular formula is C14H11F13O4S. The molecule has 0 aromatic heterocycles. The first-order valence-electron chi connectivity index (χ1n) is 7.51. The second-order valence-corrected chi connectivity index (χ2v) is 7.18. The van der Waals surface area contributed by atoms with E-state index in [0.29, 0.717) is 0 Å². The molecule has 0 radical (unpaired) electrons. The number of alkyl halides is 13. The maximum absolute atomic E-state index is 12.8. The molecule has 18 heteroatoms. The Morgan fingerprint density at radius 3 is 1.31 bits per heavy atom. The van der Waals surface area contributed by atoms with Gasteiger partial charge in [0.2, 0.25) is 0 Å². The van der Waals surface area contributed by atoms with E-state index in [0.717, 1.165) is 0 Å². The van der Waals surface area contributed by atoms with Gasteiger partial charge in [0.25, 0.3) is 10.1 Å². The maximum Gasteiger partial charge on any atom is 0.460 e. The Bertz CT molecular complexity index is 851. The Hall–Kier alpha value is -1.82. The SMILES string of the molecule is O=S(=O)(O)c1ccccc1.OCCC(F)(F)C(F)(F)C(F)(F)C(F)(F)C(F)(F)C(F)(F)F. The summed E-state index contributed by atoms with van der Waals surface area (Å²) in [5, 5.41) is 7.95. The molecule has 1 aromatic rings. The van der Waals surface area contributed by atoms with Gasteiger partial charge in [0.15, 0.2) is 0 Å². The highest BCUT2D eigenvalue weighted by Crippen LogP contribution is 2.60. The predicted molar refractivity (Wildman–Crippen MR) is 78.7 cm³/mol. The fourth-order valence-electron chi connectivity index (χ4n) is 1.69. The van der Waals surface area contributed by atoms with Gasteiger partial charge in [0.1, 0.15) is 0 Å². The van der Waals surface area contributed by atoms with Gasteiger partial charge in [-0.3, -0.25) is 4.55 Å². The van der Waals surface area contributed by atoms with Crippen LogP contribution in [0.3, 0.4) is 0 Å². The van der Waals surface area contributed by atoms with Crippen molar-refractivity contribution in [3.63, 3.8) is 0 Å². The van der Waals surface area contributed by atoms with Gasteiger partial charge in [-0.05, 0) is 12.1 Å². The quantitative estimate of drug-likeness (QED) is 0.389. The van der Waals surface area contributed by atoms with Crippen molar-refractivity contribution in [3.05, 3.63) is 30.3 Å². The Morgan fingerprint density at radius 2 is 1.03 bits per heavy atom. The lowest BCUT2D eigenvalue weighted by Gasteiger charge is -2.39. The van der Waals surface area contributed by atoms with E-state index in [-0.39, 0.29) is 4.90 Å². The third-order valence-electron chi connectivity index (χ3n) is 3.47. The zero-order chi connectivity index (χ0) is 26.0. The van der Waals surface area contributed by atoms with Gasteiger partial charge in [-0.15, -0.1) is 0 Å². The molecule has 1 aromatic carbocycles. The molecule has 0 fully saturated rings. The minimum Gasteiger partial charge on any atom is -0.396 e. The number of aliphatic hydroxyl groups excluding tert-OH is 1. The van der Waals surface area contributed by atoms with Gasteiger partial charge in [-0.2, -0.15) is 65.5 Å². The van der Waals surface area contributed by atoms with Gasteiger partial charge in [0.05, 0.1) is 4.90 Å². The van der Waals surface area contributed by atoms with Gasteiger partial charge in [0, 0.05) is 13.0 Å². The smallest absolute Gasteiger partial charge is 0.396 e. The lowest BCUT2D eigenvalue weighted by atomic mass is 9.93. The van der Waals surface area contributed by atoms with Crippen molar-refractivity contribution in [2.45, 2.75) is 47.1 Å². The van der Waals surface area contributed by atoms with Crippen LogP contribution in [0.15, 0.2) is 35.2 Å². The Kier molecular flexibility index (Phi) is 8.68. The van der Waals surface area contributed by atoms with Crippen LogP contribution in [-0.4, -0.2) is 60.5 Å². The second-order valence-electron chi connectivity index (χ2n) is 5.76. The number of halogens is 13. The summed E-state index contributed by atoms with van der Waals surface area (Å²) in [6.45, 7) is -1.96. The third-order valence-corrected chi connectivity index (χ3v) is 4.33. The Morgan fingerprint density at radius 1 is 0.656 bits per heavy atom. The highest BCUT2D eigenvalue weighted by Gasteiger charge is 2.90. The molecule has 0 aliphatic carbocycles. The van der Waals surface area contributed by atoms with E-state index in [4.69, 9.17) is 9.66 Å². The van der Waals surface area contributed by atoms with Crippen molar-refractivity contribution >= 4 is 10.1 Å². The van der Waals surface area contributed by atoms with Gasteiger partial charge >= 0.3 is 35.8 Å². The summed E-state index contributed by atoms with van der Waals surface area (Å²) in [4.78, 5) is -0.0741. The van der Waals surface area contributed by atoms with Crippen LogP contribution in [0, 0.1) is 0 Å². The van der Waals surface area contributed by atoms with Crippen molar-refractivity contribution in [3.8, 4) is 0 Å². The van der Waals surface area contributed by atoms with Crippen molar-refractivity contribution in [1.82, 2.24) is 0 Å². The summed E-state index contributed by atoms with van der Waals surface area (Å²) < 4.78 is 191. The summed E-state index contributed by atoms with van der Waals surface area (Å²) in [5.74, 6) is -36.9. The minimum atomic E-state index is -7.89. The minimum absolute atomic E-state index is 0.0741. The first-order valence-corrected chi connectivity index (χ1v) is 8.95. The van der Waals surface area contributed by atoms with E-state index in [9.17, 15) is 65.5 Å². The molecule has 0 bridgehead atoms. The molecule has 0 heterocycles. The molecule has 1 rings (SSSR count). The number of hydrogen-bond donors (Lipinski definition) is 2. The first kappa shape index (κ1) is 30.2. The monoisotopic (exact) mass is 522 g/mol. The van der Waals surface area contributed by atoms with Gasteiger partial charge in [-0.25, -0.2) is 0 Å². The van der Waals surface area contributed by atoms with Crippen LogP contribution in [0.2, 0.25) is 0 Å². The van der Waals surface area contributed by atoms with E-state index < -0.39 is 58.9 Å². The third kappa shape index (κ3) is 5.56. The van der Waals surface area contributed by atoms with Crippen molar-refractivity contribution in [1.29, 1.82) is 0 Å². The average molecular weight is 522 g/mol. The highest BCUT2D eigenvalue weighted by atomic mass is 32.2. The second kappa shape index (κ2) is 9.20. The molecule has 4 nitrogen and oxygen atoms in total. The van der Waals surface area contributed by atoms with Crippen LogP contribution < -0.4 is 0 Å². The molecule has 0 aliphatic rings. The zero-order valence-corrected chi connectivity index (χ0v) is 15.7. The fourth-order valence-corrected chi connectivity index (χ4v) is 2.19. The average Bonchev–Trinajstić information content (AvgIpc) is 2.60. The zero-order valence-electron chi connectivity index (χ0n) is 14.8. The van der Waals surface area contributed by atoms with Crippen LogP contribution >= 0.6 is 0 Å². The first-order chi connectivity index (χ1) is 13.9. The van der Waals surface area contributed by atoms with Gasteiger partial charge < -0.3 is 5.11 Å². The summed E-state index contributed by atoms with van der Waals surface area (Å²) in [7, 11) is -4.00. The lowest BCUT2D eigenvalue weighted by molar-refractivity contribution is -0.440. The van der Waals surface area contributed by atoms with Crippen molar-refractivity contribution < 1.29 is 75.2 Å². The van der Waals surface area contributed by atoms with E-state index in [2.05, 4.69) is 0 Å². The summed E-state index contributed by atoms with van der Waals surface area (Å²) in [6.07, 6.45) is -9.99.